The third-order valence-corrected chi connectivity index (χ3v) is 4.62. The van der Waals surface area contributed by atoms with Crippen LogP contribution in [0.1, 0.15) is 58.1 Å². The van der Waals surface area contributed by atoms with Gasteiger partial charge in [-0.05, 0) is 64.5 Å². The van der Waals surface area contributed by atoms with E-state index >= 15 is 0 Å². The molecule has 0 bridgehead atoms. The van der Waals surface area contributed by atoms with Gasteiger partial charge < -0.3 is 10.1 Å². The number of rotatable bonds is 3. The zero-order valence-corrected chi connectivity index (χ0v) is 14.7. The number of carbonyl (C=O) groups is 1. The smallest absolute Gasteiger partial charge is 0.414 e. The molecule has 1 amide bonds. The molecular weight excluding hydrogens is 288 g/mol. The van der Waals surface area contributed by atoms with Gasteiger partial charge in [0.25, 0.3) is 0 Å². The molecule has 1 aromatic carbocycles. The van der Waals surface area contributed by atoms with E-state index in [9.17, 15) is 4.79 Å². The van der Waals surface area contributed by atoms with E-state index in [-0.39, 0.29) is 11.6 Å². The van der Waals surface area contributed by atoms with Gasteiger partial charge in [-0.25, -0.2) is 4.79 Å². The van der Waals surface area contributed by atoms with E-state index in [0.717, 1.165) is 31.6 Å². The van der Waals surface area contributed by atoms with Crippen molar-refractivity contribution in [3.63, 3.8) is 0 Å². The van der Waals surface area contributed by atoms with Crippen LogP contribution in [0.25, 0.3) is 0 Å². The quantitative estimate of drug-likeness (QED) is 0.916. The average Bonchev–Trinajstić information content (AvgIpc) is 3.21. The maximum absolute atomic E-state index is 12.6. The van der Waals surface area contributed by atoms with Crippen LogP contribution in [0, 0.1) is 0 Å². The molecule has 1 fully saturated rings. The van der Waals surface area contributed by atoms with Gasteiger partial charge in [0, 0.05) is 18.6 Å². The van der Waals surface area contributed by atoms with E-state index in [2.05, 4.69) is 30.4 Å². The number of amides is 1. The zero-order chi connectivity index (χ0) is 16.7. The number of fused-ring (bicyclic) bond motifs is 1. The van der Waals surface area contributed by atoms with Crippen LogP contribution in [0.2, 0.25) is 0 Å². The highest BCUT2D eigenvalue weighted by atomic mass is 16.6. The van der Waals surface area contributed by atoms with E-state index in [1.807, 2.05) is 25.7 Å². The fourth-order valence-corrected chi connectivity index (χ4v) is 3.05. The summed E-state index contributed by atoms with van der Waals surface area (Å²) in [6, 6.07) is 6.36. The fraction of sp³-hybridized carbons (Fsp3) is 0.632. The molecule has 0 unspecified atom stereocenters. The Morgan fingerprint density at radius 2 is 2.09 bits per heavy atom. The summed E-state index contributed by atoms with van der Waals surface area (Å²) < 4.78 is 5.61. The van der Waals surface area contributed by atoms with Crippen molar-refractivity contribution in [1.29, 1.82) is 0 Å². The van der Waals surface area contributed by atoms with Crippen LogP contribution in [0.15, 0.2) is 18.2 Å². The van der Waals surface area contributed by atoms with Crippen molar-refractivity contribution in [3.8, 4) is 0 Å². The number of carbonyl (C=O) groups excluding carboxylic acids is 1. The average molecular weight is 316 g/mol. The standard InChI is InChI=1S/C19H28N2O2/c1-18(2,3)23-17(22)21-12-6-9-14-7-5-8-15(16(14)21)13-20-19(4)10-11-19/h5,7-8,20H,6,9-13H2,1-4H3. The van der Waals surface area contributed by atoms with Crippen LogP contribution in [0.4, 0.5) is 10.5 Å². The highest BCUT2D eigenvalue weighted by Crippen LogP contribution is 2.36. The van der Waals surface area contributed by atoms with Crippen LogP contribution in [-0.4, -0.2) is 23.8 Å². The van der Waals surface area contributed by atoms with Gasteiger partial charge in [0.05, 0.1) is 5.69 Å². The molecule has 0 spiro atoms. The second-order valence-corrected chi connectivity index (χ2v) is 8.07. The summed E-state index contributed by atoms with van der Waals surface area (Å²) in [7, 11) is 0. The van der Waals surface area contributed by atoms with Crippen molar-refractivity contribution in [3.05, 3.63) is 29.3 Å². The number of hydrogen-bond acceptors (Lipinski definition) is 3. The van der Waals surface area contributed by atoms with Crippen molar-refractivity contribution in [2.75, 3.05) is 11.4 Å². The van der Waals surface area contributed by atoms with Gasteiger partial charge in [0.15, 0.2) is 0 Å². The highest BCUT2D eigenvalue weighted by Gasteiger charge is 2.37. The summed E-state index contributed by atoms with van der Waals surface area (Å²) in [5, 5.41) is 3.63. The predicted octanol–water partition coefficient (Wildman–Crippen LogP) is 4.02. The molecule has 1 heterocycles. The molecule has 1 N–H and O–H groups in total. The molecule has 0 saturated heterocycles. The lowest BCUT2D eigenvalue weighted by molar-refractivity contribution is 0.0577. The molecule has 3 rings (SSSR count). The summed E-state index contributed by atoms with van der Waals surface area (Å²) in [6.45, 7) is 9.54. The minimum atomic E-state index is -0.469. The Morgan fingerprint density at radius 3 is 2.74 bits per heavy atom. The lowest BCUT2D eigenvalue weighted by Gasteiger charge is -2.33. The van der Waals surface area contributed by atoms with Gasteiger partial charge in [-0.1, -0.05) is 18.2 Å². The summed E-state index contributed by atoms with van der Waals surface area (Å²) in [5.41, 5.74) is 3.32. The van der Waals surface area contributed by atoms with Gasteiger partial charge in [0.1, 0.15) is 5.60 Å². The highest BCUT2D eigenvalue weighted by molar-refractivity contribution is 5.90. The van der Waals surface area contributed by atoms with Gasteiger partial charge in [-0.3, -0.25) is 4.90 Å². The molecule has 2 aliphatic rings. The number of benzene rings is 1. The maximum Gasteiger partial charge on any atom is 0.414 e. The molecule has 1 aliphatic carbocycles. The Labute approximate surface area is 139 Å². The second-order valence-electron chi connectivity index (χ2n) is 8.07. The van der Waals surface area contributed by atoms with Gasteiger partial charge in [-0.2, -0.15) is 0 Å². The van der Waals surface area contributed by atoms with Gasteiger partial charge in [-0.15, -0.1) is 0 Å². The van der Waals surface area contributed by atoms with E-state index in [1.165, 1.54) is 24.0 Å². The Balaban J connectivity index is 1.84. The number of aryl methyl sites for hydroxylation is 1. The number of anilines is 1. The van der Waals surface area contributed by atoms with Gasteiger partial charge in [0.2, 0.25) is 0 Å². The molecule has 0 atom stereocenters. The molecule has 1 aliphatic heterocycles. The van der Waals surface area contributed by atoms with Crippen LogP contribution >= 0.6 is 0 Å². The fourth-order valence-electron chi connectivity index (χ4n) is 3.05. The van der Waals surface area contributed by atoms with Crippen molar-refractivity contribution in [1.82, 2.24) is 5.32 Å². The molecular formula is C19H28N2O2. The van der Waals surface area contributed by atoms with E-state index in [0.29, 0.717) is 0 Å². The van der Waals surface area contributed by atoms with Crippen LogP contribution in [0.5, 0.6) is 0 Å². The Hall–Kier alpha value is -1.55. The monoisotopic (exact) mass is 316 g/mol. The molecule has 4 nitrogen and oxygen atoms in total. The van der Waals surface area contributed by atoms with Crippen molar-refractivity contribution >= 4 is 11.8 Å². The van der Waals surface area contributed by atoms with Crippen molar-refractivity contribution < 1.29 is 9.53 Å². The van der Waals surface area contributed by atoms with Crippen LogP contribution in [-0.2, 0) is 17.7 Å². The Morgan fingerprint density at radius 1 is 1.35 bits per heavy atom. The number of nitrogens with one attached hydrogen (secondary N) is 1. The third kappa shape index (κ3) is 3.86. The first kappa shape index (κ1) is 16.3. The lowest BCUT2D eigenvalue weighted by Crippen LogP contribution is -2.41. The first-order valence-corrected chi connectivity index (χ1v) is 8.64. The van der Waals surface area contributed by atoms with Gasteiger partial charge >= 0.3 is 6.09 Å². The second kappa shape index (κ2) is 5.82. The first-order chi connectivity index (χ1) is 10.8. The Kier molecular flexibility index (Phi) is 4.13. The van der Waals surface area contributed by atoms with E-state index in [1.54, 1.807) is 0 Å². The van der Waals surface area contributed by atoms with Crippen molar-refractivity contribution in [2.45, 2.75) is 71.1 Å². The number of hydrogen-bond donors (Lipinski definition) is 1. The molecule has 4 heteroatoms. The molecule has 126 valence electrons. The summed E-state index contributed by atoms with van der Waals surface area (Å²) >= 11 is 0. The predicted molar refractivity (Wildman–Crippen MR) is 92.8 cm³/mol. The van der Waals surface area contributed by atoms with E-state index in [4.69, 9.17) is 4.74 Å². The topological polar surface area (TPSA) is 41.6 Å². The summed E-state index contributed by atoms with van der Waals surface area (Å²) in [5.74, 6) is 0. The molecule has 1 saturated carbocycles. The molecule has 23 heavy (non-hydrogen) atoms. The molecule has 0 aromatic heterocycles. The summed E-state index contributed by atoms with van der Waals surface area (Å²) in [6.07, 6.45) is 4.25. The lowest BCUT2D eigenvalue weighted by atomic mass is 9.97. The van der Waals surface area contributed by atoms with E-state index < -0.39 is 5.60 Å². The van der Waals surface area contributed by atoms with Crippen LogP contribution in [0.3, 0.4) is 0 Å². The minimum Gasteiger partial charge on any atom is -0.443 e. The number of ether oxygens (including phenoxy) is 1. The zero-order valence-electron chi connectivity index (χ0n) is 14.7. The van der Waals surface area contributed by atoms with Crippen molar-refractivity contribution in [2.24, 2.45) is 0 Å². The number of nitrogens with zero attached hydrogens (tertiary/aromatic N) is 1. The minimum absolute atomic E-state index is 0.233. The van der Waals surface area contributed by atoms with Crippen LogP contribution < -0.4 is 10.2 Å². The number of para-hydroxylation sites is 1. The normalized spacial score (nSPS) is 19.2. The summed E-state index contributed by atoms with van der Waals surface area (Å²) in [4.78, 5) is 14.5. The third-order valence-electron chi connectivity index (χ3n) is 4.62. The SMILES string of the molecule is CC1(NCc2cccc3c2N(C(=O)OC(C)(C)C)CCC3)CC1. The maximum atomic E-state index is 12.6. The largest absolute Gasteiger partial charge is 0.443 e. The molecule has 0 radical (unpaired) electrons. The molecule has 1 aromatic rings. The first-order valence-electron chi connectivity index (χ1n) is 8.64. The Bertz CT molecular complexity index is 600.